The Morgan fingerprint density at radius 3 is 2.74 bits per heavy atom. The summed E-state index contributed by atoms with van der Waals surface area (Å²) in [6.07, 6.45) is 2.58. The quantitative estimate of drug-likeness (QED) is 0.630. The Morgan fingerprint density at radius 2 is 2.16 bits per heavy atom. The number of rotatable bonds is 6. The first kappa shape index (κ1) is 15.0. The van der Waals surface area contributed by atoms with Gasteiger partial charge in [-0.15, -0.1) is 6.58 Å². The van der Waals surface area contributed by atoms with Crippen LogP contribution in [0.1, 0.15) is 30.6 Å². The fourth-order valence-electron chi connectivity index (χ4n) is 1.72. The van der Waals surface area contributed by atoms with Crippen molar-refractivity contribution in [3.63, 3.8) is 0 Å². The molecule has 0 radical (unpaired) electrons. The Balaban J connectivity index is 2.77. The average molecular weight is 260 g/mol. The highest BCUT2D eigenvalue weighted by atomic mass is 16.2. The molecule has 4 nitrogen and oxygen atoms in total. The summed E-state index contributed by atoms with van der Waals surface area (Å²) in [7, 11) is 0. The number of urea groups is 1. The van der Waals surface area contributed by atoms with E-state index < -0.39 is 0 Å². The topological polar surface area (TPSA) is 49.4 Å². The van der Waals surface area contributed by atoms with Gasteiger partial charge in [0.05, 0.1) is 0 Å². The van der Waals surface area contributed by atoms with Crippen molar-refractivity contribution in [1.82, 2.24) is 4.90 Å². The van der Waals surface area contributed by atoms with E-state index in [0.717, 1.165) is 6.42 Å². The van der Waals surface area contributed by atoms with Gasteiger partial charge < -0.3 is 10.2 Å². The van der Waals surface area contributed by atoms with Gasteiger partial charge in [-0.1, -0.05) is 25.1 Å². The van der Waals surface area contributed by atoms with Crippen molar-refractivity contribution in [2.75, 3.05) is 18.4 Å². The molecule has 0 aliphatic rings. The summed E-state index contributed by atoms with van der Waals surface area (Å²) in [6.45, 7) is 8.34. The van der Waals surface area contributed by atoms with Crippen molar-refractivity contribution in [1.29, 1.82) is 0 Å². The van der Waals surface area contributed by atoms with Gasteiger partial charge in [-0.2, -0.15) is 0 Å². The molecule has 2 amide bonds. The number of carbonyl (C=O) groups excluding carboxylic acids is 2. The van der Waals surface area contributed by atoms with Crippen molar-refractivity contribution >= 4 is 17.5 Å². The molecular weight excluding hydrogens is 240 g/mol. The Morgan fingerprint density at radius 1 is 1.42 bits per heavy atom. The molecule has 1 N–H and O–H groups in total. The van der Waals surface area contributed by atoms with E-state index in [1.807, 2.05) is 6.92 Å². The van der Waals surface area contributed by atoms with Crippen LogP contribution in [0.2, 0.25) is 0 Å². The molecule has 0 saturated carbocycles. The van der Waals surface area contributed by atoms with Crippen molar-refractivity contribution in [2.24, 2.45) is 0 Å². The van der Waals surface area contributed by atoms with Crippen LogP contribution in [0.25, 0.3) is 0 Å². The molecule has 0 aliphatic heterocycles. The summed E-state index contributed by atoms with van der Waals surface area (Å²) in [5, 5.41) is 2.79. The van der Waals surface area contributed by atoms with Gasteiger partial charge in [-0.25, -0.2) is 4.79 Å². The molecule has 0 heterocycles. The standard InChI is InChI=1S/C15H20N2O2/c1-4-9-17(10-5-2)15(19)16-14-8-6-7-13(11-14)12(3)18/h4,6-8,11H,1,5,9-10H2,2-3H3,(H,16,19). The van der Waals surface area contributed by atoms with Gasteiger partial charge >= 0.3 is 6.03 Å². The number of amides is 2. The number of Topliss-reactive ketones (excluding diaryl/α,β-unsaturated/α-hetero) is 1. The highest BCUT2D eigenvalue weighted by Crippen LogP contribution is 2.12. The highest BCUT2D eigenvalue weighted by Gasteiger charge is 2.11. The van der Waals surface area contributed by atoms with Gasteiger partial charge in [0, 0.05) is 24.3 Å². The van der Waals surface area contributed by atoms with Crippen molar-refractivity contribution in [3.05, 3.63) is 42.5 Å². The summed E-state index contributed by atoms with van der Waals surface area (Å²) in [4.78, 5) is 25.0. The van der Waals surface area contributed by atoms with Crippen LogP contribution < -0.4 is 5.32 Å². The lowest BCUT2D eigenvalue weighted by molar-refractivity contribution is 0.101. The van der Waals surface area contributed by atoms with Crippen LogP contribution in [0, 0.1) is 0 Å². The van der Waals surface area contributed by atoms with E-state index in [0.29, 0.717) is 24.3 Å². The van der Waals surface area contributed by atoms with Crippen LogP contribution in [0.3, 0.4) is 0 Å². The van der Waals surface area contributed by atoms with Gasteiger partial charge in [0.1, 0.15) is 0 Å². The maximum absolute atomic E-state index is 12.1. The van der Waals surface area contributed by atoms with Gasteiger partial charge in [0.15, 0.2) is 5.78 Å². The molecule has 102 valence electrons. The van der Waals surface area contributed by atoms with Gasteiger partial charge in [-0.05, 0) is 25.5 Å². The first-order valence-electron chi connectivity index (χ1n) is 6.36. The molecular formula is C15H20N2O2. The maximum atomic E-state index is 12.1. The van der Waals surface area contributed by atoms with E-state index in [1.165, 1.54) is 6.92 Å². The third kappa shape index (κ3) is 4.58. The number of nitrogens with one attached hydrogen (secondary N) is 1. The normalized spacial score (nSPS) is 9.79. The predicted molar refractivity (Wildman–Crippen MR) is 77.5 cm³/mol. The van der Waals surface area contributed by atoms with Crippen LogP contribution in [-0.2, 0) is 0 Å². The largest absolute Gasteiger partial charge is 0.322 e. The summed E-state index contributed by atoms with van der Waals surface area (Å²) >= 11 is 0. The van der Waals surface area contributed by atoms with Crippen molar-refractivity contribution < 1.29 is 9.59 Å². The molecule has 0 atom stereocenters. The maximum Gasteiger partial charge on any atom is 0.322 e. The average Bonchev–Trinajstić information content (AvgIpc) is 2.38. The predicted octanol–water partition coefficient (Wildman–Crippen LogP) is 3.32. The molecule has 0 fully saturated rings. The lowest BCUT2D eigenvalue weighted by Gasteiger charge is -2.21. The first-order chi connectivity index (χ1) is 9.08. The summed E-state index contributed by atoms with van der Waals surface area (Å²) in [5.41, 5.74) is 1.21. The first-order valence-corrected chi connectivity index (χ1v) is 6.36. The minimum absolute atomic E-state index is 0.0207. The smallest absolute Gasteiger partial charge is 0.321 e. The third-order valence-corrected chi connectivity index (χ3v) is 2.65. The molecule has 1 rings (SSSR count). The Labute approximate surface area is 114 Å². The number of ketones is 1. The number of anilines is 1. The van der Waals surface area contributed by atoms with Crippen LogP contribution in [0.5, 0.6) is 0 Å². The lowest BCUT2D eigenvalue weighted by Crippen LogP contribution is -2.35. The van der Waals surface area contributed by atoms with E-state index >= 15 is 0 Å². The fourth-order valence-corrected chi connectivity index (χ4v) is 1.72. The lowest BCUT2D eigenvalue weighted by atomic mass is 10.1. The molecule has 0 aliphatic carbocycles. The Kier molecular flexibility index (Phi) is 5.79. The highest BCUT2D eigenvalue weighted by molar-refractivity contribution is 5.96. The zero-order valence-electron chi connectivity index (χ0n) is 11.5. The summed E-state index contributed by atoms with van der Waals surface area (Å²) < 4.78 is 0. The second-order valence-electron chi connectivity index (χ2n) is 4.30. The van der Waals surface area contributed by atoms with E-state index in [-0.39, 0.29) is 11.8 Å². The van der Waals surface area contributed by atoms with Crippen LogP contribution in [-0.4, -0.2) is 29.8 Å². The van der Waals surface area contributed by atoms with Crippen molar-refractivity contribution in [2.45, 2.75) is 20.3 Å². The number of benzene rings is 1. The summed E-state index contributed by atoms with van der Waals surface area (Å²) in [5.74, 6) is -0.0207. The van der Waals surface area contributed by atoms with Gasteiger partial charge in [0.2, 0.25) is 0 Å². The zero-order valence-corrected chi connectivity index (χ0v) is 11.5. The number of hydrogen-bond donors (Lipinski definition) is 1. The van der Waals surface area contributed by atoms with E-state index in [1.54, 1.807) is 35.2 Å². The number of nitrogens with zero attached hydrogens (tertiary/aromatic N) is 1. The SMILES string of the molecule is C=CCN(CCC)C(=O)Nc1cccc(C(C)=O)c1. The van der Waals surface area contributed by atoms with Gasteiger partial charge in [0.25, 0.3) is 0 Å². The van der Waals surface area contributed by atoms with E-state index in [9.17, 15) is 9.59 Å². The van der Waals surface area contributed by atoms with Crippen LogP contribution in [0.15, 0.2) is 36.9 Å². The van der Waals surface area contributed by atoms with E-state index in [4.69, 9.17) is 0 Å². The molecule has 0 spiro atoms. The molecule has 19 heavy (non-hydrogen) atoms. The molecule has 0 bridgehead atoms. The Hall–Kier alpha value is -2.10. The minimum atomic E-state index is -0.178. The second-order valence-corrected chi connectivity index (χ2v) is 4.30. The number of carbonyl (C=O) groups is 2. The van der Waals surface area contributed by atoms with Gasteiger partial charge in [-0.3, -0.25) is 4.79 Å². The summed E-state index contributed by atoms with van der Waals surface area (Å²) in [6, 6.07) is 6.75. The second kappa shape index (κ2) is 7.36. The van der Waals surface area contributed by atoms with Crippen LogP contribution in [0.4, 0.5) is 10.5 Å². The van der Waals surface area contributed by atoms with Crippen molar-refractivity contribution in [3.8, 4) is 0 Å². The molecule has 4 heteroatoms. The monoisotopic (exact) mass is 260 g/mol. The molecule has 1 aromatic carbocycles. The van der Waals surface area contributed by atoms with E-state index in [2.05, 4.69) is 11.9 Å². The fraction of sp³-hybridized carbons (Fsp3) is 0.333. The number of hydrogen-bond acceptors (Lipinski definition) is 2. The zero-order chi connectivity index (χ0) is 14.3. The molecule has 0 saturated heterocycles. The molecule has 0 aromatic heterocycles. The van der Waals surface area contributed by atoms with Crippen LogP contribution >= 0.6 is 0 Å². The molecule has 0 unspecified atom stereocenters. The Bertz CT molecular complexity index is 469. The minimum Gasteiger partial charge on any atom is -0.321 e. The molecule has 1 aromatic rings. The third-order valence-electron chi connectivity index (χ3n) is 2.65.